The molecule has 0 unspecified atom stereocenters. The van der Waals surface area contributed by atoms with Gasteiger partial charge in [0.25, 0.3) is 5.91 Å². The van der Waals surface area contributed by atoms with Crippen LogP contribution in [0.1, 0.15) is 83.1 Å². The van der Waals surface area contributed by atoms with Gasteiger partial charge in [0.05, 0.1) is 0 Å². The molecule has 0 radical (unpaired) electrons. The summed E-state index contributed by atoms with van der Waals surface area (Å²) in [5.74, 6) is 2.89. The zero-order valence-electron chi connectivity index (χ0n) is 21.5. The fourth-order valence-electron chi connectivity index (χ4n) is 3.44. The Kier molecular flexibility index (Phi) is 8.34. The molecule has 3 rings (SSSR count). The third-order valence-corrected chi connectivity index (χ3v) is 6.32. The number of hydrogen-bond donors (Lipinski definition) is 1. The first-order valence-corrected chi connectivity index (χ1v) is 12.3. The molecule has 0 atom stereocenters. The van der Waals surface area contributed by atoms with Crippen LogP contribution in [-0.4, -0.2) is 30.4 Å². The van der Waals surface area contributed by atoms with Crippen molar-refractivity contribution in [3.8, 4) is 23.0 Å². The molecule has 34 heavy (non-hydrogen) atoms. The Bertz CT molecular complexity index is 983. The molecule has 0 aliphatic carbocycles. The molecule has 1 N–H and O–H groups in total. The first kappa shape index (κ1) is 25.7. The van der Waals surface area contributed by atoms with Gasteiger partial charge in [-0.3, -0.25) is 4.79 Å². The molecule has 6 nitrogen and oxygen atoms in total. The maximum atomic E-state index is 12.5. The molecule has 1 aliphatic heterocycles. The maximum absolute atomic E-state index is 12.5. The van der Waals surface area contributed by atoms with Gasteiger partial charge in [-0.2, -0.15) is 0 Å². The molecule has 6 heteroatoms. The van der Waals surface area contributed by atoms with Gasteiger partial charge in [-0.25, -0.2) is 0 Å². The van der Waals surface area contributed by atoms with Gasteiger partial charge in [0.15, 0.2) is 11.5 Å². The Labute approximate surface area is 203 Å². The topological polar surface area (TPSA) is 66.0 Å². The van der Waals surface area contributed by atoms with Gasteiger partial charge in [-0.15, -0.1) is 0 Å². The third kappa shape index (κ3) is 7.05. The average molecular weight is 470 g/mol. The fraction of sp³-hybridized carbons (Fsp3) is 0.536. The quantitative estimate of drug-likeness (QED) is 0.369. The summed E-state index contributed by atoms with van der Waals surface area (Å²) >= 11 is 0. The Morgan fingerprint density at radius 3 is 2.35 bits per heavy atom. The number of carbonyl (C=O) groups excluding carboxylic acids is 1. The van der Waals surface area contributed by atoms with E-state index in [4.69, 9.17) is 18.9 Å². The summed E-state index contributed by atoms with van der Waals surface area (Å²) in [6.07, 6.45) is 4.50. The van der Waals surface area contributed by atoms with E-state index >= 15 is 0 Å². The minimum atomic E-state index is -0.258. The molecule has 0 fully saturated rings. The highest BCUT2D eigenvalue weighted by molar-refractivity contribution is 5.94. The highest BCUT2D eigenvalue weighted by Gasteiger charge is 2.22. The van der Waals surface area contributed by atoms with E-state index in [9.17, 15) is 4.79 Å². The van der Waals surface area contributed by atoms with Crippen LogP contribution in [0.25, 0.3) is 0 Å². The molecular weight excluding hydrogens is 430 g/mol. The van der Waals surface area contributed by atoms with Crippen LogP contribution in [0.5, 0.6) is 23.0 Å². The molecule has 2 aromatic carbocycles. The Hall–Kier alpha value is -2.89. The van der Waals surface area contributed by atoms with Crippen molar-refractivity contribution >= 4 is 5.91 Å². The minimum absolute atomic E-state index is 0.105. The van der Waals surface area contributed by atoms with Gasteiger partial charge in [-0.1, -0.05) is 19.9 Å². The van der Waals surface area contributed by atoms with E-state index < -0.39 is 0 Å². The smallest absolute Gasteiger partial charge is 0.251 e. The summed E-state index contributed by atoms with van der Waals surface area (Å²) in [4.78, 5) is 12.5. The molecule has 1 amide bonds. The van der Waals surface area contributed by atoms with Crippen molar-refractivity contribution < 1.29 is 23.7 Å². The minimum Gasteiger partial charge on any atom is -0.488 e. The van der Waals surface area contributed by atoms with Crippen LogP contribution in [0, 0.1) is 0 Å². The highest BCUT2D eigenvalue weighted by atomic mass is 16.7. The lowest BCUT2D eigenvalue weighted by Gasteiger charge is -2.29. The number of ether oxygens (including phenoxy) is 4. The van der Waals surface area contributed by atoms with E-state index in [-0.39, 0.29) is 23.9 Å². The third-order valence-electron chi connectivity index (χ3n) is 6.32. The van der Waals surface area contributed by atoms with Gasteiger partial charge in [0.1, 0.15) is 22.7 Å². The molecule has 0 aromatic heterocycles. The second-order valence-electron chi connectivity index (χ2n) is 9.98. The van der Waals surface area contributed by atoms with E-state index in [1.54, 1.807) is 18.2 Å². The fourth-order valence-corrected chi connectivity index (χ4v) is 3.44. The maximum Gasteiger partial charge on any atom is 0.251 e. The zero-order chi connectivity index (χ0) is 24.8. The average Bonchev–Trinajstić information content (AvgIpc) is 3.27. The van der Waals surface area contributed by atoms with Gasteiger partial charge >= 0.3 is 0 Å². The van der Waals surface area contributed by atoms with Crippen molar-refractivity contribution in [2.24, 2.45) is 0 Å². The van der Waals surface area contributed by atoms with Crippen LogP contribution in [-0.2, 0) is 6.42 Å². The Morgan fingerprint density at radius 2 is 1.62 bits per heavy atom. The van der Waals surface area contributed by atoms with E-state index in [1.807, 2.05) is 12.1 Å². The molecule has 0 bridgehead atoms. The molecule has 0 saturated heterocycles. The number of fused-ring (bicyclic) bond motifs is 1. The number of benzene rings is 2. The molecule has 0 saturated carbocycles. The molecule has 186 valence electrons. The monoisotopic (exact) mass is 469 g/mol. The summed E-state index contributed by atoms with van der Waals surface area (Å²) in [5.41, 5.74) is 1.25. The van der Waals surface area contributed by atoms with Crippen molar-refractivity contribution in [1.29, 1.82) is 0 Å². The largest absolute Gasteiger partial charge is 0.488 e. The van der Waals surface area contributed by atoms with Gasteiger partial charge in [0.2, 0.25) is 6.79 Å². The number of hydrogen-bond acceptors (Lipinski definition) is 5. The van der Waals surface area contributed by atoms with E-state index in [0.29, 0.717) is 23.6 Å². The second kappa shape index (κ2) is 11.0. The Morgan fingerprint density at radius 1 is 0.912 bits per heavy atom. The number of amides is 1. The van der Waals surface area contributed by atoms with Crippen molar-refractivity contribution in [2.75, 3.05) is 13.3 Å². The number of nitrogens with one attached hydrogen (secondary N) is 1. The molecule has 1 aliphatic rings. The molecule has 1 heterocycles. The van der Waals surface area contributed by atoms with Crippen LogP contribution in [0.3, 0.4) is 0 Å². The lowest BCUT2D eigenvalue weighted by atomic mass is 10.0. The SMILES string of the molecule is CCC(C)(C)Oc1ccc(CCCCNC(=O)c2ccc3c(c2)OCO3)c(OC(C)(C)CC)c1. The second-order valence-corrected chi connectivity index (χ2v) is 9.98. The standard InChI is InChI=1S/C28H39NO5/c1-7-27(3,4)33-22-14-12-20(24(18-22)34-28(5,6)8-2)11-9-10-16-29-26(30)21-13-15-23-25(17-21)32-19-31-23/h12-15,17-18H,7-11,16,19H2,1-6H3,(H,29,30). The zero-order valence-corrected chi connectivity index (χ0v) is 21.5. The van der Waals surface area contributed by atoms with Crippen molar-refractivity contribution in [1.82, 2.24) is 5.32 Å². The summed E-state index contributed by atoms with van der Waals surface area (Å²) in [6.45, 7) is 13.4. The first-order valence-electron chi connectivity index (χ1n) is 12.3. The number of aryl methyl sites for hydroxylation is 1. The number of rotatable bonds is 12. The van der Waals surface area contributed by atoms with Crippen LogP contribution in [0.15, 0.2) is 36.4 Å². The summed E-state index contributed by atoms with van der Waals surface area (Å²) in [5, 5.41) is 2.99. The number of carbonyl (C=O) groups is 1. The summed E-state index contributed by atoms with van der Waals surface area (Å²) < 4.78 is 23.2. The summed E-state index contributed by atoms with van der Waals surface area (Å²) in [7, 11) is 0. The van der Waals surface area contributed by atoms with Crippen molar-refractivity contribution in [3.05, 3.63) is 47.5 Å². The van der Waals surface area contributed by atoms with E-state index in [2.05, 4.69) is 52.9 Å². The predicted octanol–water partition coefficient (Wildman–Crippen LogP) is 6.30. The highest BCUT2D eigenvalue weighted by Crippen LogP contribution is 2.33. The van der Waals surface area contributed by atoms with Crippen LogP contribution < -0.4 is 24.3 Å². The normalized spacial score (nSPS) is 13.0. The van der Waals surface area contributed by atoms with Gasteiger partial charge in [0, 0.05) is 18.2 Å². The molecule has 2 aromatic rings. The molecular formula is C28H39NO5. The Balaban J connectivity index is 1.55. The van der Waals surface area contributed by atoms with Gasteiger partial charge < -0.3 is 24.3 Å². The summed E-state index contributed by atoms with van der Waals surface area (Å²) in [6, 6.07) is 11.4. The van der Waals surface area contributed by atoms with Crippen molar-refractivity contribution in [3.63, 3.8) is 0 Å². The van der Waals surface area contributed by atoms with Crippen LogP contribution >= 0.6 is 0 Å². The lowest BCUT2D eigenvalue weighted by Crippen LogP contribution is -2.28. The van der Waals surface area contributed by atoms with Crippen molar-refractivity contribution in [2.45, 2.75) is 84.8 Å². The lowest BCUT2D eigenvalue weighted by molar-refractivity contribution is 0.0941. The van der Waals surface area contributed by atoms with Crippen LogP contribution in [0.4, 0.5) is 0 Å². The predicted molar refractivity (Wildman–Crippen MR) is 134 cm³/mol. The van der Waals surface area contributed by atoms with E-state index in [1.165, 1.54) is 0 Å². The molecule has 0 spiro atoms. The number of unbranched alkanes of at least 4 members (excludes halogenated alkanes) is 1. The first-order chi connectivity index (χ1) is 16.1. The van der Waals surface area contributed by atoms with E-state index in [0.717, 1.165) is 49.2 Å². The van der Waals surface area contributed by atoms with Crippen LogP contribution in [0.2, 0.25) is 0 Å². The van der Waals surface area contributed by atoms with Gasteiger partial charge in [-0.05, 0) is 89.6 Å².